The van der Waals surface area contributed by atoms with Crippen LogP contribution in [0.3, 0.4) is 0 Å². The maximum atomic E-state index is 11.0. The van der Waals surface area contributed by atoms with Gasteiger partial charge in [0, 0.05) is 6.04 Å². The van der Waals surface area contributed by atoms with E-state index in [0.717, 1.165) is 13.0 Å². The lowest BCUT2D eigenvalue weighted by molar-refractivity contribution is -0.123. The number of primary amides is 1. The first kappa shape index (κ1) is 6.16. The van der Waals surface area contributed by atoms with Gasteiger partial charge in [-0.25, -0.2) is 0 Å². The average molecular weight is 140 g/mol. The number of nitrogens with one attached hydrogen (secondary N) is 1. The highest BCUT2D eigenvalue weighted by molar-refractivity contribution is 5.85. The largest absolute Gasteiger partial charge is 0.369 e. The highest BCUT2D eigenvalue weighted by atomic mass is 16.1. The van der Waals surface area contributed by atoms with Crippen LogP contribution < -0.4 is 11.1 Å². The van der Waals surface area contributed by atoms with Gasteiger partial charge in [-0.3, -0.25) is 4.79 Å². The molecule has 0 aromatic rings. The summed E-state index contributed by atoms with van der Waals surface area (Å²) in [6, 6.07) is 0.301. The van der Waals surface area contributed by atoms with Crippen molar-refractivity contribution in [1.82, 2.24) is 5.32 Å². The number of hydrogen-bond acceptors (Lipinski definition) is 2. The molecule has 1 saturated heterocycles. The SMILES string of the molecule is CC1NCC2CC21C(N)=O. The third-order valence-electron chi connectivity index (χ3n) is 3.05. The maximum absolute atomic E-state index is 11.0. The molecule has 0 aromatic heterocycles. The highest BCUT2D eigenvalue weighted by Gasteiger charge is 2.65. The van der Waals surface area contributed by atoms with Gasteiger partial charge in [0.1, 0.15) is 0 Å². The molecule has 3 unspecified atom stereocenters. The van der Waals surface area contributed by atoms with Crippen molar-refractivity contribution in [2.75, 3.05) is 6.54 Å². The first-order chi connectivity index (χ1) is 4.68. The summed E-state index contributed by atoms with van der Waals surface area (Å²) in [5.41, 5.74) is 5.13. The Balaban J connectivity index is 2.25. The van der Waals surface area contributed by atoms with Crippen LogP contribution in [-0.4, -0.2) is 18.5 Å². The minimum atomic E-state index is -0.153. The van der Waals surface area contributed by atoms with E-state index in [0.29, 0.717) is 12.0 Å². The predicted molar refractivity (Wildman–Crippen MR) is 37.2 cm³/mol. The quantitative estimate of drug-likeness (QED) is 0.514. The van der Waals surface area contributed by atoms with Gasteiger partial charge in [0.2, 0.25) is 5.91 Å². The molecule has 2 fully saturated rings. The number of fused-ring (bicyclic) bond motifs is 1. The molecule has 1 saturated carbocycles. The van der Waals surface area contributed by atoms with E-state index in [1.54, 1.807) is 0 Å². The molecule has 3 heteroatoms. The van der Waals surface area contributed by atoms with Gasteiger partial charge >= 0.3 is 0 Å². The van der Waals surface area contributed by atoms with E-state index in [4.69, 9.17) is 5.73 Å². The lowest BCUT2D eigenvalue weighted by Gasteiger charge is -2.14. The molecular formula is C7H12N2O. The molecule has 0 aromatic carbocycles. The van der Waals surface area contributed by atoms with E-state index in [9.17, 15) is 4.79 Å². The number of hydrogen-bond donors (Lipinski definition) is 2. The average Bonchev–Trinajstić information content (AvgIpc) is 2.52. The molecule has 2 aliphatic rings. The first-order valence-electron chi connectivity index (χ1n) is 3.71. The number of nitrogens with two attached hydrogens (primary N) is 1. The van der Waals surface area contributed by atoms with Gasteiger partial charge in [-0.05, 0) is 25.8 Å². The van der Waals surface area contributed by atoms with Crippen LogP contribution in [0.25, 0.3) is 0 Å². The standard InChI is InChI=1S/C7H12N2O/c1-4-7(6(8)10)2-5(7)3-9-4/h4-5,9H,2-3H2,1H3,(H2,8,10). The molecule has 56 valence electrons. The van der Waals surface area contributed by atoms with Crippen molar-refractivity contribution in [2.24, 2.45) is 17.1 Å². The Kier molecular flexibility index (Phi) is 0.944. The summed E-state index contributed by atoms with van der Waals surface area (Å²) in [5.74, 6) is 0.426. The fraction of sp³-hybridized carbons (Fsp3) is 0.857. The van der Waals surface area contributed by atoms with Gasteiger partial charge in [0.25, 0.3) is 0 Å². The molecule has 1 aliphatic carbocycles. The molecule has 1 aliphatic heterocycles. The van der Waals surface area contributed by atoms with Crippen molar-refractivity contribution in [3.8, 4) is 0 Å². The lowest BCUT2D eigenvalue weighted by atomic mass is 9.98. The zero-order chi connectivity index (χ0) is 7.35. The monoisotopic (exact) mass is 140 g/mol. The fourth-order valence-corrected chi connectivity index (χ4v) is 2.15. The van der Waals surface area contributed by atoms with Gasteiger partial charge in [-0.2, -0.15) is 0 Å². The Morgan fingerprint density at radius 3 is 2.70 bits per heavy atom. The van der Waals surface area contributed by atoms with Crippen LogP contribution in [0.4, 0.5) is 0 Å². The van der Waals surface area contributed by atoms with Crippen LogP contribution >= 0.6 is 0 Å². The topological polar surface area (TPSA) is 55.1 Å². The third kappa shape index (κ3) is 0.475. The van der Waals surface area contributed by atoms with Crippen molar-refractivity contribution < 1.29 is 4.79 Å². The highest BCUT2D eigenvalue weighted by Crippen LogP contribution is 2.57. The summed E-state index contributed by atoms with van der Waals surface area (Å²) in [6.45, 7) is 3.02. The number of carbonyl (C=O) groups excluding carboxylic acids is 1. The molecule has 1 heterocycles. The molecule has 3 atom stereocenters. The van der Waals surface area contributed by atoms with Gasteiger partial charge < -0.3 is 11.1 Å². The Morgan fingerprint density at radius 2 is 2.50 bits per heavy atom. The molecule has 1 amide bonds. The minimum Gasteiger partial charge on any atom is -0.369 e. The van der Waals surface area contributed by atoms with Gasteiger partial charge in [-0.15, -0.1) is 0 Å². The fourth-order valence-electron chi connectivity index (χ4n) is 2.15. The Bertz CT molecular complexity index is 192. The summed E-state index contributed by atoms with van der Waals surface area (Å²) in [7, 11) is 0. The van der Waals surface area contributed by atoms with Gasteiger partial charge in [-0.1, -0.05) is 0 Å². The number of carbonyl (C=O) groups is 1. The predicted octanol–water partition coefficient (Wildman–Crippen LogP) is -0.530. The second kappa shape index (κ2) is 1.53. The molecule has 0 spiro atoms. The molecule has 0 bridgehead atoms. The van der Waals surface area contributed by atoms with Crippen LogP contribution in [0.1, 0.15) is 13.3 Å². The Hall–Kier alpha value is -0.570. The second-order valence-electron chi connectivity index (χ2n) is 3.44. The molecule has 0 radical (unpaired) electrons. The van der Waals surface area contributed by atoms with Crippen LogP contribution in [0.2, 0.25) is 0 Å². The minimum absolute atomic E-state index is 0.116. The summed E-state index contributed by atoms with van der Waals surface area (Å²) < 4.78 is 0. The van der Waals surface area contributed by atoms with E-state index in [2.05, 4.69) is 5.32 Å². The maximum Gasteiger partial charge on any atom is 0.225 e. The Morgan fingerprint density at radius 1 is 1.80 bits per heavy atom. The van der Waals surface area contributed by atoms with Crippen LogP contribution in [0.5, 0.6) is 0 Å². The summed E-state index contributed by atoms with van der Waals surface area (Å²) >= 11 is 0. The van der Waals surface area contributed by atoms with E-state index >= 15 is 0 Å². The summed E-state index contributed by atoms with van der Waals surface area (Å²) in [6.07, 6.45) is 1.01. The zero-order valence-electron chi connectivity index (χ0n) is 6.05. The van der Waals surface area contributed by atoms with E-state index in [-0.39, 0.29) is 11.3 Å². The van der Waals surface area contributed by atoms with E-state index in [1.165, 1.54) is 0 Å². The van der Waals surface area contributed by atoms with Crippen molar-refractivity contribution >= 4 is 5.91 Å². The number of rotatable bonds is 1. The first-order valence-corrected chi connectivity index (χ1v) is 3.71. The number of amides is 1. The van der Waals surface area contributed by atoms with E-state index < -0.39 is 0 Å². The number of piperidine rings is 1. The Labute approximate surface area is 60.0 Å². The van der Waals surface area contributed by atoms with Crippen LogP contribution in [0.15, 0.2) is 0 Å². The molecule has 3 nitrogen and oxygen atoms in total. The normalized spacial score (nSPS) is 50.5. The molecule has 2 rings (SSSR count). The second-order valence-corrected chi connectivity index (χ2v) is 3.44. The van der Waals surface area contributed by atoms with E-state index in [1.807, 2.05) is 6.92 Å². The van der Waals surface area contributed by atoms with Gasteiger partial charge in [0.15, 0.2) is 0 Å². The van der Waals surface area contributed by atoms with Crippen LogP contribution in [-0.2, 0) is 4.79 Å². The zero-order valence-corrected chi connectivity index (χ0v) is 6.05. The molecule has 3 N–H and O–H groups in total. The third-order valence-corrected chi connectivity index (χ3v) is 3.05. The summed E-state index contributed by atoms with van der Waals surface area (Å²) in [4.78, 5) is 11.0. The smallest absolute Gasteiger partial charge is 0.225 e. The summed E-state index contributed by atoms with van der Waals surface area (Å²) in [5, 5.41) is 3.24. The van der Waals surface area contributed by atoms with Crippen molar-refractivity contribution in [2.45, 2.75) is 19.4 Å². The van der Waals surface area contributed by atoms with Crippen molar-refractivity contribution in [3.05, 3.63) is 0 Å². The lowest BCUT2D eigenvalue weighted by Crippen LogP contribution is -2.37. The van der Waals surface area contributed by atoms with Crippen molar-refractivity contribution in [1.29, 1.82) is 0 Å². The van der Waals surface area contributed by atoms with Gasteiger partial charge in [0.05, 0.1) is 5.41 Å². The van der Waals surface area contributed by atoms with Crippen LogP contribution in [0, 0.1) is 11.3 Å². The van der Waals surface area contributed by atoms with Crippen molar-refractivity contribution in [3.63, 3.8) is 0 Å². The molecule has 10 heavy (non-hydrogen) atoms. The molecular weight excluding hydrogens is 128 g/mol.